The topological polar surface area (TPSA) is 87.1 Å². The number of methoxy groups -OCH3 is 1. The Kier molecular flexibility index (Phi) is 5.34. The Labute approximate surface area is 172 Å². The standard InChI is InChI=1S/C23H16N2O5/c1-28-20-13-15(9-10-19(20)29-22(26)17-8-5-11-24-14-17)12-18-23(27)30-21(25-18)16-6-3-2-4-7-16/h2-14H,1H3/b18-12-. The third-order valence-corrected chi connectivity index (χ3v) is 4.23. The highest BCUT2D eigenvalue weighted by Gasteiger charge is 2.24. The number of benzene rings is 2. The van der Waals surface area contributed by atoms with Gasteiger partial charge >= 0.3 is 11.9 Å². The monoisotopic (exact) mass is 400 g/mol. The molecule has 30 heavy (non-hydrogen) atoms. The summed E-state index contributed by atoms with van der Waals surface area (Å²) in [5.41, 5.74) is 1.83. The van der Waals surface area contributed by atoms with Gasteiger partial charge in [0.25, 0.3) is 0 Å². The SMILES string of the molecule is COc1cc(/C=C2\N=C(c3ccccc3)OC2=O)ccc1OC(=O)c1cccnc1. The highest BCUT2D eigenvalue weighted by Crippen LogP contribution is 2.30. The number of hydrogen-bond donors (Lipinski definition) is 0. The number of carbonyl (C=O) groups excluding carboxylic acids is 2. The van der Waals surface area contributed by atoms with Crippen LogP contribution in [-0.2, 0) is 9.53 Å². The highest BCUT2D eigenvalue weighted by molar-refractivity contribution is 6.12. The smallest absolute Gasteiger partial charge is 0.363 e. The van der Waals surface area contributed by atoms with Crippen LogP contribution >= 0.6 is 0 Å². The summed E-state index contributed by atoms with van der Waals surface area (Å²) < 4.78 is 16.0. The van der Waals surface area contributed by atoms with Crippen molar-refractivity contribution in [3.63, 3.8) is 0 Å². The number of rotatable bonds is 5. The molecule has 0 radical (unpaired) electrons. The molecule has 0 aliphatic carbocycles. The maximum absolute atomic E-state index is 12.3. The van der Waals surface area contributed by atoms with Crippen LogP contribution in [0.2, 0.25) is 0 Å². The van der Waals surface area contributed by atoms with E-state index in [0.29, 0.717) is 22.4 Å². The molecular weight excluding hydrogens is 384 g/mol. The van der Waals surface area contributed by atoms with Gasteiger partial charge in [0, 0.05) is 18.0 Å². The number of aliphatic imine (C=N–C) groups is 1. The predicted molar refractivity (Wildman–Crippen MR) is 109 cm³/mol. The molecule has 1 aliphatic heterocycles. The van der Waals surface area contributed by atoms with Gasteiger partial charge in [-0.05, 0) is 48.0 Å². The molecule has 7 nitrogen and oxygen atoms in total. The molecule has 0 unspecified atom stereocenters. The van der Waals surface area contributed by atoms with Crippen LogP contribution in [0.3, 0.4) is 0 Å². The van der Waals surface area contributed by atoms with Crippen molar-refractivity contribution in [2.24, 2.45) is 4.99 Å². The Bertz CT molecular complexity index is 1150. The van der Waals surface area contributed by atoms with Crippen molar-refractivity contribution in [1.29, 1.82) is 0 Å². The summed E-state index contributed by atoms with van der Waals surface area (Å²) in [4.78, 5) is 32.6. The Morgan fingerprint density at radius 3 is 2.60 bits per heavy atom. The van der Waals surface area contributed by atoms with Crippen LogP contribution in [-0.4, -0.2) is 29.9 Å². The molecule has 0 amide bonds. The van der Waals surface area contributed by atoms with Crippen LogP contribution in [0.1, 0.15) is 21.5 Å². The predicted octanol–water partition coefficient (Wildman–Crippen LogP) is 3.65. The molecule has 2 aromatic carbocycles. The van der Waals surface area contributed by atoms with Gasteiger partial charge in [0.2, 0.25) is 5.90 Å². The molecule has 1 aromatic heterocycles. The molecule has 2 heterocycles. The molecule has 0 fully saturated rings. The molecule has 4 rings (SSSR count). The molecule has 3 aromatic rings. The van der Waals surface area contributed by atoms with Crippen LogP contribution in [0.25, 0.3) is 6.08 Å². The highest BCUT2D eigenvalue weighted by atomic mass is 16.6. The van der Waals surface area contributed by atoms with E-state index in [-0.39, 0.29) is 17.3 Å². The van der Waals surface area contributed by atoms with E-state index in [1.54, 1.807) is 42.6 Å². The van der Waals surface area contributed by atoms with E-state index < -0.39 is 11.9 Å². The quantitative estimate of drug-likeness (QED) is 0.369. The lowest BCUT2D eigenvalue weighted by atomic mass is 10.1. The van der Waals surface area contributed by atoms with Crippen molar-refractivity contribution in [1.82, 2.24) is 4.98 Å². The minimum Gasteiger partial charge on any atom is -0.493 e. The van der Waals surface area contributed by atoms with Crippen molar-refractivity contribution in [3.05, 3.63) is 95.4 Å². The lowest BCUT2D eigenvalue weighted by Crippen LogP contribution is -2.09. The zero-order chi connectivity index (χ0) is 20.9. The van der Waals surface area contributed by atoms with Crippen molar-refractivity contribution < 1.29 is 23.8 Å². The summed E-state index contributed by atoms with van der Waals surface area (Å²) in [5, 5.41) is 0. The second-order valence-electron chi connectivity index (χ2n) is 6.24. The van der Waals surface area contributed by atoms with E-state index >= 15 is 0 Å². The Morgan fingerprint density at radius 1 is 1.03 bits per heavy atom. The number of hydrogen-bond acceptors (Lipinski definition) is 7. The van der Waals surface area contributed by atoms with Crippen molar-refractivity contribution in [2.45, 2.75) is 0 Å². The molecule has 0 N–H and O–H groups in total. The summed E-state index contributed by atoms with van der Waals surface area (Å²) in [5.74, 6) is -0.263. The second-order valence-corrected chi connectivity index (χ2v) is 6.24. The summed E-state index contributed by atoms with van der Waals surface area (Å²) in [6.07, 6.45) is 4.56. The van der Waals surface area contributed by atoms with E-state index in [4.69, 9.17) is 14.2 Å². The first-order chi connectivity index (χ1) is 14.6. The number of cyclic esters (lactones) is 1. The lowest BCUT2D eigenvalue weighted by molar-refractivity contribution is -0.129. The fraction of sp³-hybridized carbons (Fsp3) is 0.0435. The van der Waals surface area contributed by atoms with Gasteiger partial charge in [0.1, 0.15) is 0 Å². The fourth-order valence-electron chi connectivity index (χ4n) is 2.77. The van der Waals surface area contributed by atoms with Crippen LogP contribution < -0.4 is 9.47 Å². The molecule has 0 spiro atoms. The van der Waals surface area contributed by atoms with Crippen molar-refractivity contribution >= 4 is 23.9 Å². The molecule has 0 bridgehead atoms. The van der Waals surface area contributed by atoms with E-state index in [1.807, 2.05) is 30.3 Å². The van der Waals surface area contributed by atoms with Gasteiger partial charge in [-0.15, -0.1) is 0 Å². The zero-order valence-electron chi connectivity index (χ0n) is 15.9. The van der Waals surface area contributed by atoms with Gasteiger partial charge in [-0.2, -0.15) is 0 Å². The molecule has 0 saturated heterocycles. The van der Waals surface area contributed by atoms with Crippen LogP contribution in [0.5, 0.6) is 11.5 Å². The number of esters is 2. The summed E-state index contributed by atoms with van der Waals surface area (Å²) in [6, 6.07) is 17.3. The lowest BCUT2D eigenvalue weighted by Gasteiger charge is -2.10. The zero-order valence-corrected chi connectivity index (χ0v) is 15.9. The van der Waals surface area contributed by atoms with Crippen molar-refractivity contribution in [3.8, 4) is 11.5 Å². The minimum atomic E-state index is -0.552. The van der Waals surface area contributed by atoms with E-state index in [9.17, 15) is 9.59 Å². The van der Waals surface area contributed by atoms with E-state index in [0.717, 1.165) is 0 Å². The van der Waals surface area contributed by atoms with Crippen molar-refractivity contribution in [2.75, 3.05) is 7.11 Å². The summed E-state index contributed by atoms with van der Waals surface area (Å²) >= 11 is 0. The van der Waals surface area contributed by atoms with Gasteiger partial charge in [0.15, 0.2) is 17.2 Å². The molecule has 7 heteroatoms. The Balaban J connectivity index is 1.58. The number of aromatic nitrogens is 1. The average Bonchev–Trinajstić information content (AvgIpc) is 3.16. The first-order valence-electron chi connectivity index (χ1n) is 9.02. The third kappa shape index (κ3) is 4.10. The van der Waals surface area contributed by atoms with Gasteiger partial charge in [-0.1, -0.05) is 24.3 Å². The van der Waals surface area contributed by atoms with Gasteiger partial charge in [0.05, 0.1) is 12.7 Å². The molecule has 0 saturated carbocycles. The number of ether oxygens (including phenoxy) is 3. The Hall–Kier alpha value is -4.26. The fourth-order valence-corrected chi connectivity index (χ4v) is 2.77. The molecule has 148 valence electrons. The first-order valence-corrected chi connectivity index (χ1v) is 9.02. The largest absolute Gasteiger partial charge is 0.493 e. The molecular formula is C23H16N2O5. The van der Waals surface area contributed by atoms with E-state index in [1.165, 1.54) is 13.3 Å². The number of nitrogens with zero attached hydrogens (tertiary/aromatic N) is 2. The maximum atomic E-state index is 12.3. The molecule has 0 atom stereocenters. The summed E-state index contributed by atoms with van der Waals surface area (Å²) in [7, 11) is 1.46. The number of carbonyl (C=O) groups is 2. The van der Waals surface area contributed by atoms with Crippen LogP contribution in [0.4, 0.5) is 0 Å². The van der Waals surface area contributed by atoms with Crippen LogP contribution in [0, 0.1) is 0 Å². The van der Waals surface area contributed by atoms with Crippen LogP contribution in [0.15, 0.2) is 83.7 Å². The average molecular weight is 400 g/mol. The molecule has 1 aliphatic rings. The summed E-state index contributed by atoms with van der Waals surface area (Å²) in [6.45, 7) is 0. The Morgan fingerprint density at radius 2 is 1.87 bits per heavy atom. The van der Waals surface area contributed by atoms with Gasteiger partial charge < -0.3 is 14.2 Å². The third-order valence-electron chi connectivity index (χ3n) is 4.23. The van der Waals surface area contributed by atoms with Gasteiger partial charge in [-0.25, -0.2) is 14.6 Å². The van der Waals surface area contributed by atoms with E-state index in [2.05, 4.69) is 9.98 Å². The maximum Gasteiger partial charge on any atom is 0.363 e. The number of pyridine rings is 1. The second kappa shape index (κ2) is 8.40. The minimum absolute atomic E-state index is 0.163. The van der Waals surface area contributed by atoms with Gasteiger partial charge in [-0.3, -0.25) is 4.98 Å². The first kappa shape index (κ1) is 19.1. The normalized spacial score (nSPS) is 14.2.